The van der Waals surface area contributed by atoms with Gasteiger partial charge in [0.15, 0.2) is 5.78 Å². The number of rotatable bonds is 8. The topological polar surface area (TPSA) is 37.4 Å². The predicted molar refractivity (Wildman–Crippen MR) is 123 cm³/mol. The van der Waals surface area contributed by atoms with Gasteiger partial charge in [0.05, 0.1) is 10.6 Å². The Kier molecular flexibility index (Phi) is 10.0. The van der Waals surface area contributed by atoms with Crippen LogP contribution in [0.15, 0.2) is 42.5 Å². The molecule has 0 aliphatic carbocycles. The van der Waals surface area contributed by atoms with Crippen molar-refractivity contribution in [2.45, 2.75) is 37.8 Å². The Balaban J connectivity index is 2.44. The van der Waals surface area contributed by atoms with Gasteiger partial charge in [0.1, 0.15) is 24.1 Å². The number of Topliss-reactive ketones (excluding diaryl/α,β-unsaturated/α-hetero) is 1. The summed E-state index contributed by atoms with van der Waals surface area (Å²) >= 11 is 5.49. The lowest BCUT2D eigenvalue weighted by Gasteiger charge is -2.22. The quantitative estimate of drug-likeness (QED) is 0.223. The Morgan fingerprint density at radius 1 is 0.975 bits per heavy atom. The van der Waals surface area contributed by atoms with Gasteiger partial charge in [-0.25, -0.2) is 8.78 Å². The van der Waals surface area contributed by atoms with Gasteiger partial charge in [-0.2, -0.15) is 39.5 Å². The summed E-state index contributed by atoms with van der Waals surface area (Å²) in [6.45, 7) is -0.641. The fourth-order valence-electron chi connectivity index (χ4n) is 3.70. The van der Waals surface area contributed by atoms with Crippen LogP contribution < -0.4 is 0 Å². The number of nitrogens with zero attached hydrogens (tertiary/aromatic N) is 1. The molecule has 0 aliphatic rings. The zero-order valence-corrected chi connectivity index (χ0v) is 21.2. The molecule has 2 rings (SSSR count). The third-order valence-electron chi connectivity index (χ3n) is 5.58. The van der Waals surface area contributed by atoms with Crippen LogP contribution in [0.1, 0.15) is 46.3 Å². The molecule has 0 N–H and O–H groups in total. The molecule has 3 nitrogen and oxygen atoms in total. The molecule has 2 atom stereocenters. The maximum Gasteiger partial charge on any atom is 0.417 e. The number of halogens is 12. The fraction of sp³-hybridized carbons (Fsp3) is 0.360. The highest BCUT2D eigenvalue weighted by atomic mass is 35.5. The van der Waals surface area contributed by atoms with Gasteiger partial charge in [0.2, 0.25) is 5.91 Å². The van der Waals surface area contributed by atoms with Crippen LogP contribution >= 0.6 is 11.6 Å². The first-order chi connectivity index (χ1) is 18.1. The van der Waals surface area contributed by atoms with E-state index in [1.54, 1.807) is 0 Å². The number of carbonyl (C=O) groups is 2. The second kappa shape index (κ2) is 12.1. The summed E-state index contributed by atoms with van der Waals surface area (Å²) in [5.74, 6) is -9.52. The third kappa shape index (κ3) is 8.67. The van der Waals surface area contributed by atoms with Crippen molar-refractivity contribution in [2.24, 2.45) is 5.92 Å². The minimum Gasteiger partial charge on any atom is -0.336 e. The Morgan fingerprint density at radius 2 is 1.57 bits per heavy atom. The average molecular weight is 610 g/mol. The Bertz CT molecular complexity index is 1280. The van der Waals surface area contributed by atoms with Crippen molar-refractivity contribution < 1.29 is 57.9 Å². The first kappa shape index (κ1) is 33.0. The first-order valence-corrected chi connectivity index (χ1v) is 11.4. The van der Waals surface area contributed by atoms with Crippen molar-refractivity contribution in [1.82, 2.24) is 4.90 Å². The fourth-order valence-corrected chi connectivity index (χ4v) is 3.89. The maximum absolute atomic E-state index is 14.9. The van der Waals surface area contributed by atoms with Crippen LogP contribution in [0, 0.1) is 11.7 Å². The number of amides is 1. The number of hydrogen-bond donors (Lipinski definition) is 0. The summed E-state index contributed by atoms with van der Waals surface area (Å²) < 4.78 is 148. The normalized spacial score (nSPS) is 14.6. The molecule has 1 amide bonds. The van der Waals surface area contributed by atoms with Crippen molar-refractivity contribution in [3.63, 3.8) is 0 Å². The van der Waals surface area contributed by atoms with E-state index < -0.39 is 93.9 Å². The zero-order chi connectivity index (χ0) is 30.8. The highest BCUT2D eigenvalue weighted by Crippen LogP contribution is 2.40. The molecule has 0 bridgehead atoms. The SMILES string of the molecule is C[C@@H](CC(=O)c1ccc(/C(F)=C/C(c2ccc(F)c(Cl)c2)C(F)(F)F)cc1C(F)(F)F)C(=O)N(C)CC(F)(F)F. The largest absolute Gasteiger partial charge is 0.417 e. The molecular weight excluding hydrogens is 591 g/mol. The molecule has 0 saturated heterocycles. The van der Waals surface area contributed by atoms with E-state index in [4.69, 9.17) is 11.6 Å². The van der Waals surface area contributed by atoms with Crippen molar-refractivity contribution in [3.8, 4) is 0 Å². The van der Waals surface area contributed by atoms with Gasteiger partial charge in [-0.1, -0.05) is 36.7 Å². The molecule has 0 saturated carbocycles. The van der Waals surface area contributed by atoms with Crippen molar-refractivity contribution in [2.75, 3.05) is 13.6 Å². The summed E-state index contributed by atoms with van der Waals surface area (Å²) in [6.07, 6.45) is -16.2. The van der Waals surface area contributed by atoms with Crippen LogP contribution in [0.3, 0.4) is 0 Å². The average Bonchev–Trinajstić information content (AvgIpc) is 2.80. The number of alkyl halides is 9. The van der Waals surface area contributed by atoms with Crippen LogP contribution in [0.4, 0.5) is 48.3 Å². The van der Waals surface area contributed by atoms with Crippen LogP contribution in [0.25, 0.3) is 5.83 Å². The van der Waals surface area contributed by atoms with Crippen LogP contribution in [-0.4, -0.2) is 42.5 Å². The lowest BCUT2D eigenvalue weighted by molar-refractivity contribution is -0.160. The standard InChI is InChI=1S/C25H19ClF11NO2/c1-12(22(40)38(2)11-23(29,30)31)7-21(39)15-5-3-14(8-17(15)25(35,36)37)20(28)10-16(24(32,33)34)13-4-6-19(27)18(26)9-13/h3-6,8-10,12,16H,7,11H2,1-2H3/b20-10-/t12-,16?/m0/s1. The van der Waals surface area contributed by atoms with Gasteiger partial charge in [-0.3, -0.25) is 9.59 Å². The maximum atomic E-state index is 14.9. The molecule has 220 valence electrons. The van der Waals surface area contributed by atoms with Crippen LogP contribution in [-0.2, 0) is 11.0 Å². The van der Waals surface area contributed by atoms with Crippen LogP contribution in [0.5, 0.6) is 0 Å². The molecular formula is C25H19ClF11NO2. The number of benzene rings is 2. The molecule has 2 aromatic carbocycles. The molecule has 0 heterocycles. The second-order valence-electron chi connectivity index (χ2n) is 8.80. The Hall–Kier alpha value is -3.16. The molecule has 15 heteroatoms. The van der Waals surface area contributed by atoms with E-state index in [-0.39, 0.29) is 17.0 Å². The molecule has 40 heavy (non-hydrogen) atoms. The molecule has 1 unspecified atom stereocenters. The number of carbonyl (C=O) groups excluding carboxylic acids is 2. The lowest BCUT2D eigenvalue weighted by Crippen LogP contribution is -2.39. The van der Waals surface area contributed by atoms with E-state index in [0.717, 1.165) is 14.0 Å². The van der Waals surface area contributed by atoms with Crippen molar-refractivity contribution >= 4 is 29.1 Å². The minimum atomic E-state index is -5.31. The Morgan fingerprint density at radius 3 is 2.08 bits per heavy atom. The first-order valence-electron chi connectivity index (χ1n) is 11.1. The van der Waals surface area contributed by atoms with Gasteiger partial charge in [0.25, 0.3) is 0 Å². The van der Waals surface area contributed by atoms with Crippen molar-refractivity contribution in [3.05, 3.63) is 75.6 Å². The number of hydrogen-bond acceptors (Lipinski definition) is 2. The monoisotopic (exact) mass is 609 g/mol. The number of ketones is 1. The molecule has 2 aromatic rings. The second-order valence-corrected chi connectivity index (χ2v) is 9.21. The summed E-state index contributed by atoms with van der Waals surface area (Å²) in [5, 5.41) is -0.708. The smallest absolute Gasteiger partial charge is 0.336 e. The third-order valence-corrected chi connectivity index (χ3v) is 5.87. The highest BCUT2D eigenvalue weighted by Gasteiger charge is 2.41. The lowest BCUT2D eigenvalue weighted by atomic mass is 9.92. The van der Waals surface area contributed by atoms with E-state index in [9.17, 15) is 57.9 Å². The summed E-state index contributed by atoms with van der Waals surface area (Å²) in [6, 6.07) is 3.02. The van der Waals surface area contributed by atoms with Gasteiger partial charge >= 0.3 is 18.5 Å². The highest BCUT2D eigenvalue weighted by molar-refractivity contribution is 6.30. The molecule has 0 aliphatic heterocycles. The van der Waals surface area contributed by atoms with Crippen LogP contribution in [0.2, 0.25) is 5.02 Å². The molecule has 0 spiro atoms. The van der Waals surface area contributed by atoms with Crippen molar-refractivity contribution in [1.29, 1.82) is 0 Å². The number of allylic oxidation sites excluding steroid dienone is 1. The minimum absolute atomic E-state index is 0.0439. The Labute approximate surface area is 225 Å². The van der Waals surface area contributed by atoms with E-state index in [0.29, 0.717) is 30.3 Å². The van der Waals surface area contributed by atoms with E-state index in [2.05, 4.69) is 0 Å². The van der Waals surface area contributed by atoms with Gasteiger partial charge in [0, 0.05) is 30.5 Å². The summed E-state index contributed by atoms with van der Waals surface area (Å²) in [4.78, 5) is 25.0. The summed E-state index contributed by atoms with van der Waals surface area (Å²) in [5.41, 5.74) is -4.50. The van der Waals surface area contributed by atoms with E-state index in [1.165, 1.54) is 0 Å². The molecule has 0 fully saturated rings. The molecule has 0 radical (unpaired) electrons. The predicted octanol–water partition coefficient (Wildman–Crippen LogP) is 8.38. The summed E-state index contributed by atoms with van der Waals surface area (Å²) in [7, 11) is 0.788. The van der Waals surface area contributed by atoms with Gasteiger partial charge in [-0.15, -0.1) is 0 Å². The van der Waals surface area contributed by atoms with E-state index in [1.807, 2.05) is 0 Å². The molecule has 0 aromatic heterocycles. The van der Waals surface area contributed by atoms with Gasteiger partial charge < -0.3 is 4.90 Å². The van der Waals surface area contributed by atoms with Gasteiger partial charge in [-0.05, 0) is 29.8 Å². The zero-order valence-electron chi connectivity index (χ0n) is 20.4. The van der Waals surface area contributed by atoms with E-state index >= 15 is 0 Å².